The number of nitrogens with zero attached hydrogens (tertiary/aromatic N) is 2. The van der Waals surface area contributed by atoms with E-state index in [9.17, 15) is 9.59 Å². The number of nitrogens with one attached hydrogen (secondary N) is 1. The van der Waals surface area contributed by atoms with Crippen LogP contribution in [0.5, 0.6) is 11.5 Å². The molecule has 0 bridgehead atoms. The van der Waals surface area contributed by atoms with E-state index in [1.807, 2.05) is 18.2 Å². The monoisotopic (exact) mass is 355 g/mol. The first-order valence-electron chi connectivity index (χ1n) is 8.96. The molecule has 1 aliphatic heterocycles. The highest BCUT2D eigenvalue weighted by molar-refractivity contribution is 5.76. The first-order chi connectivity index (χ1) is 12.7. The molecule has 4 rings (SSSR count). The van der Waals surface area contributed by atoms with Crippen molar-refractivity contribution >= 4 is 5.91 Å². The number of carbonyl (C=O) groups excluding carboxylic acids is 1. The number of amides is 1. The fourth-order valence-electron chi connectivity index (χ4n) is 3.43. The maximum atomic E-state index is 12.3. The summed E-state index contributed by atoms with van der Waals surface area (Å²) in [7, 11) is 0. The number of hydrogen-bond acceptors (Lipinski definition) is 5. The van der Waals surface area contributed by atoms with Crippen LogP contribution < -0.4 is 20.3 Å². The molecule has 7 nitrogen and oxygen atoms in total. The summed E-state index contributed by atoms with van der Waals surface area (Å²) in [5.41, 5.74) is 1.11. The highest BCUT2D eigenvalue weighted by atomic mass is 16.7. The third-order valence-electron chi connectivity index (χ3n) is 4.80. The van der Waals surface area contributed by atoms with E-state index in [1.54, 1.807) is 6.07 Å². The van der Waals surface area contributed by atoms with Gasteiger partial charge >= 0.3 is 0 Å². The zero-order chi connectivity index (χ0) is 17.9. The molecule has 1 amide bonds. The Bertz CT molecular complexity index is 871. The van der Waals surface area contributed by atoms with Gasteiger partial charge in [0, 0.05) is 17.7 Å². The molecule has 2 aliphatic rings. The second kappa shape index (κ2) is 7.19. The maximum absolute atomic E-state index is 12.3. The van der Waals surface area contributed by atoms with Gasteiger partial charge in [0.15, 0.2) is 11.5 Å². The lowest BCUT2D eigenvalue weighted by molar-refractivity contribution is -0.122. The highest BCUT2D eigenvalue weighted by Gasteiger charge is 2.17. The van der Waals surface area contributed by atoms with Crippen molar-refractivity contribution in [3.63, 3.8) is 0 Å². The van der Waals surface area contributed by atoms with Crippen molar-refractivity contribution in [2.45, 2.75) is 44.7 Å². The molecule has 2 heterocycles. The van der Waals surface area contributed by atoms with E-state index in [2.05, 4.69) is 10.4 Å². The van der Waals surface area contributed by atoms with Gasteiger partial charge in [-0.2, -0.15) is 5.10 Å². The van der Waals surface area contributed by atoms with Gasteiger partial charge in [-0.15, -0.1) is 0 Å². The summed E-state index contributed by atoms with van der Waals surface area (Å²) in [4.78, 5) is 24.4. The van der Waals surface area contributed by atoms with Crippen molar-refractivity contribution in [3.8, 4) is 22.8 Å². The van der Waals surface area contributed by atoms with Crippen LogP contribution in [0.3, 0.4) is 0 Å². The lowest BCUT2D eigenvalue weighted by atomic mass is 9.95. The molecule has 0 spiro atoms. The SMILES string of the molecule is O=C(Cn1nc(-c2ccc3c(c2)OCO3)ccc1=O)NC1CCCCC1. The number of carbonyl (C=O) groups is 1. The fraction of sp³-hybridized carbons (Fsp3) is 0.421. The lowest BCUT2D eigenvalue weighted by Crippen LogP contribution is -2.40. The number of fused-ring (bicyclic) bond motifs is 1. The van der Waals surface area contributed by atoms with Gasteiger partial charge in [0.1, 0.15) is 6.54 Å². The number of rotatable bonds is 4. The van der Waals surface area contributed by atoms with Crippen molar-refractivity contribution in [2.75, 3.05) is 6.79 Å². The third-order valence-corrected chi connectivity index (χ3v) is 4.80. The average molecular weight is 355 g/mol. The topological polar surface area (TPSA) is 82.5 Å². The summed E-state index contributed by atoms with van der Waals surface area (Å²) in [6.07, 6.45) is 5.52. The number of hydrogen-bond donors (Lipinski definition) is 1. The summed E-state index contributed by atoms with van der Waals surface area (Å²) in [5.74, 6) is 1.17. The van der Waals surface area contributed by atoms with Crippen molar-refractivity contribution in [1.29, 1.82) is 0 Å². The smallest absolute Gasteiger partial charge is 0.267 e. The summed E-state index contributed by atoms with van der Waals surface area (Å²) in [5, 5.41) is 7.36. The van der Waals surface area contributed by atoms with Gasteiger partial charge in [-0.25, -0.2) is 4.68 Å². The minimum Gasteiger partial charge on any atom is -0.454 e. The number of aromatic nitrogens is 2. The molecule has 0 radical (unpaired) electrons. The Morgan fingerprint density at radius 2 is 1.92 bits per heavy atom. The second-order valence-corrected chi connectivity index (χ2v) is 6.68. The minimum atomic E-state index is -0.298. The predicted octanol–water partition coefficient (Wildman–Crippen LogP) is 2.09. The quantitative estimate of drug-likeness (QED) is 0.908. The summed E-state index contributed by atoms with van der Waals surface area (Å²) in [6.45, 7) is 0.126. The van der Waals surface area contributed by atoms with Gasteiger partial charge in [-0.3, -0.25) is 9.59 Å². The van der Waals surface area contributed by atoms with E-state index in [0.29, 0.717) is 17.2 Å². The molecule has 26 heavy (non-hydrogen) atoms. The van der Waals surface area contributed by atoms with Crippen molar-refractivity contribution in [2.24, 2.45) is 0 Å². The van der Waals surface area contributed by atoms with Crippen LogP contribution in [0.1, 0.15) is 32.1 Å². The van der Waals surface area contributed by atoms with Crippen LogP contribution in [0.15, 0.2) is 35.1 Å². The van der Waals surface area contributed by atoms with Crippen molar-refractivity contribution < 1.29 is 14.3 Å². The average Bonchev–Trinajstić information content (AvgIpc) is 3.12. The van der Waals surface area contributed by atoms with Crippen LogP contribution in [0.25, 0.3) is 11.3 Å². The van der Waals surface area contributed by atoms with Crippen LogP contribution in [0.4, 0.5) is 0 Å². The Kier molecular flexibility index (Phi) is 4.60. The van der Waals surface area contributed by atoms with E-state index >= 15 is 0 Å². The standard InChI is InChI=1S/C19H21N3O4/c23-18(20-14-4-2-1-3-5-14)11-22-19(24)9-7-15(21-22)13-6-8-16-17(10-13)26-12-25-16/h6-10,14H,1-5,11-12H2,(H,20,23). The number of benzene rings is 1. The van der Waals surface area contributed by atoms with E-state index < -0.39 is 0 Å². The third kappa shape index (κ3) is 3.56. The molecule has 1 aromatic carbocycles. The molecule has 7 heteroatoms. The molecule has 0 saturated heterocycles. The molecular weight excluding hydrogens is 334 g/mol. The van der Waals surface area contributed by atoms with Crippen LogP contribution in [0.2, 0.25) is 0 Å². The first kappa shape index (κ1) is 16.6. The van der Waals surface area contributed by atoms with Crippen LogP contribution >= 0.6 is 0 Å². The minimum absolute atomic E-state index is 0.0757. The molecule has 0 unspecified atom stereocenters. The largest absolute Gasteiger partial charge is 0.454 e. The normalized spacial score (nSPS) is 16.5. The molecule has 136 valence electrons. The number of ether oxygens (including phenoxy) is 2. The Morgan fingerprint density at radius 3 is 2.77 bits per heavy atom. The zero-order valence-corrected chi connectivity index (χ0v) is 14.4. The Morgan fingerprint density at radius 1 is 1.12 bits per heavy atom. The Balaban J connectivity index is 1.51. The molecule has 1 fully saturated rings. The van der Waals surface area contributed by atoms with Gasteiger partial charge in [0.2, 0.25) is 12.7 Å². The van der Waals surface area contributed by atoms with Gasteiger partial charge in [0.25, 0.3) is 5.56 Å². The Hall–Kier alpha value is -2.83. The van der Waals surface area contributed by atoms with Gasteiger partial charge in [-0.1, -0.05) is 19.3 Å². The van der Waals surface area contributed by atoms with E-state index in [1.165, 1.54) is 17.2 Å². The van der Waals surface area contributed by atoms with Gasteiger partial charge < -0.3 is 14.8 Å². The molecule has 1 aliphatic carbocycles. The Labute approximate surface area is 150 Å². The molecule has 2 aromatic rings. The van der Waals surface area contributed by atoms with Crippen LogP contribution in [-0.4, -0.2) is 28.5 Å². The highest BCUT2D eigenvalue weighted by Crippen LogP contribution is 2.35. The maximum Gasteiger partial charge on any atom is 0.267 e. The second-order valence-electron chi connectivity index (χ2n) is 6.68. The molecule has 1 N–H and O–H groups in total. The molecule has 1 aromatic heterocycles. The zero-order valence-electron chi connectivity index (χ0n) is 14.4. The predicted molar refractivity (Wildman–Crippen MR) is 95.1 cm³/mol. The van der Waals surface area contributed by atoms with Gasteiger partial charge in [0.05, 0.1) is 5.69 Å². The summed E-state index contributed by atoms with van der Waals surface area (Å²) < 4.78 is 11.9. The first-order valence-corrected chi connectivity index (χ1v) is 8.96. The fourth-order valence-corrected chi connectivity index (χ4v) is 3.43. The van der Waals surface area contributed by atoms with E-state index in [-0.39, 0.29) is 30.8 Å². The molecule has 1 saturated carbocycles. The lowest BCUT2D eigenvalue weighted by Gasteiger charge is -2.22. The summed E-state index contributed by atoms with van der Waals surface area (Å²) in [6, 6.07) is 8.78. The van der Waals surface area contributed by atoms with Crippen molar-refractivity contribution in [1.82, 2.24) is 15.1 Å². The molecular formula is C19H21N3O4. The van der Waals surface area contributed by atoms with Crippen LogP contribution in [0, 0.1) is 0 Å². The van der Waals surface area contributed by atoms with E-state index in [4.69, 9.17) is 9.47 Å². The van der Waals surface area contributed by atoms with Crippen molar-refractivity contribution in [3.05, 3.63) is 40.7 Å². The summed E-state index contributed by atoms with van der Waals surface area (Å²) >= 11 is 0. The molecule has 0 atom stereocenters. The van der Waals surface area contributed by atoms with Crippen LogP contribution in [-0.2, 0) is 11.3 Å². The van der Waals surface area contributed by atoms with Gasteiger partial charge in [-0.05, 0) is 37.1 Å². The van der Waals surface area contributed by atoms with E-state index in [0.717, 1.165) is 31.2 Å².